The fourth-order valence-corrected chi connectivity index (χ4v) is 2.43. The van der Waals surface area contributed by atoms with Crippen molar-refractivity contribution >= 4 is 17.8 Å². The lowest BCUT2D eigenvalue weighted by Gasteiger charge is -2.27. The molecule has 6 heteroatoms. The van der Waals surface area contributed by atoms with Crippen molar-refractivity contribution in [2.45, 2.75) is 38.6 Å². The molecule has 3 unspecified atom stereocenters. The Morgan fingerprint density at radius 3 is 2.32 bits per heavy atom. The van der Waals surface area contributed by atoms with Gasteiger partial charge in [-0.25, -0.2) is 0 Å². The number of carboxylic acid groups (broad SMARTS) is 1. The number of amides is 2. The quantitative estimate of drug-likeness (QED) is 0.777. The molecule has 108 valence electrons. The van der Waals surface area contributed by atoms with Gasteiger partial charge in [0.15, 0.2) is 0 Å². The highest BCUT2D eigenvalue weighted by Gasteiger charge is 2.32. The van der Waals surface area contributed by atoms with Gasteiger partial charge in [-0.15, -0.1) is 0 Å². The molecule has 1 saturated carbocycles. The minimum absolute atomic E-state index is 0.168. The number of hydrogen-bond acceptors (Lipinski definition) is 3. The van der Waals surface area contributed by atoms with E-state index >= 15 is 0 Å². The van der Waals surface area contributed by atoms with Crippen molar-refractivity contribution in [3.8, 4) is 0 Å². The Labute approximate surface area is 113 Å². The van der Waals surface area contributed by atoms with Crippen molar-refractivity contribution < 1.29 is 19.5 Å². The highest BCUT2D eigenvalue weighted by atomic mass is 16.4. The summed E-state index contributed by atoms with van der Waals surface area (Å²) in [6.45, 7) is 1.64. The van der Waals surface area contributed by atoms with Gasteiger partial charge in [0, 0.05) is 20.0 Å². The van der Waals surface area contributed by atoms with Gasteiger partial charge >= 0.3 is 5.97 Å². The third-order valence-corrected chi connectivity index (χ3v) is 3.56. The van der Waals surface area contributed by atoms with Crippen LogP contribution in [0, 0.1) is 11.8 Å². The van der Waals surface area contributed by atoms with Crippen LogP contribution in [0.25, 0.3) is 0 Å². The summed E-state index contributed by atoms with van der Waals surface area (Å²) in [6.07, 6.45) is 2.43. The lowest BCUT2D eigenvalue weighted by Crippen LogP contribution is -2.47. The first-order valence-electron chi connectivity index (χ1n) is 6.57. The summed E-state index contributed by atoms with van der Waals surface area (Å²) in [5, 5.41) is 11.7. The molecule has 1 aliphatic rings. The van der Waals surface area contributed by atoms with E-state index in [0.29, 0.717) is 19.3 Å². The molecule has 0 bridgehead atoms. The smallest absolute Gasteiger partial charge is 0.306 e. The number of carbonyl (C=O) groups is 3. The van der Waals surface area contributed by atoms with Crippen LogP contribution in [-0.2, 0) is 14.4 Å². The second-order valence-electron chi connectivity index (χ2n) is 5.36. The van der Waals surface area contributed by atoms with Crippen LogP contribution in [0.2, 0.25) is 0 Å². The minimum atomic E-state index is -0.838. The zero-order chi connectivity index (χ0) is 14.6. The zero-order valence-corrected chi connectivity index (χ0v) is 11.7. The highest BCUT2D eigenvalue weighted by Crippen LogP contribution is 2.29. The Kier molecular flexibility index (Phi) is 5.32. The van der Waals surface area contributed by atoms with Crippen LogP contribution in [0.1, 0.15) is 32.6 Å². The number of likely N-dealkylation sites (N-methyl/N-ethyl adjacent to an activating group) is 1. The fourth-order valence-electron chi connectivity index (χ4n) is 2.43. The molecule has 0 heterocycles. The Hall–Kier alpha value is -1.59. The van der Waals surface area contributed by atoms with Crippen molar-refractivity contribution in [3.05, 3.63) is 0 Å². The average molecular weight is 270 g/mol. The molecule has 1 fully saturated rings. The lowest BCUT2D eigenvalue weighted by molar-refractivity contribution is -0.144. The number of aliphatic carboxylic acids is 1. The van der Waals surface area contributed by atoms with E-state index in [2.05, 4.69) is 5.32 Å². The van der Waals surface area contributed by atoms with Gasteiger partial charge in [-0.1, -0.05) is 6.42 Å². The van der Waals surface area contributed by atoms with Crippen LogP contribution in [0.5, 0.6) is 0 Å². The molecule has 6 nitrogen and oxygen atoms in total. The molecule has 0 aromatic carbocycles. The number of nitrogens with one attached hydrogen (secondary N) is 1. The number of carboxylic acids is 1. The molecule has 0 saturated heterocycles. The van der Waals surface area contributed by atoms with Gasteiger partial charge in [-0.2, -0.15) is 0 Å². The van der Waals surface area contributed by atoms with E-state index in [1.54, 1.807) is 21.0 Å². The minimum Gasteiger partial charge on any atom is -0.481 e. The van der Waals surface area contributed by atoms with Gasteiger partial charge in [0.25, 0.3) is 0 Å². The highest BCUT2D eigenvalue weighted by molar-refractivity contribution is 5.88. The summed E-state index contributed by atoms with van der Waals surface area (Å²) in [4.78, 5) is 36.1. The molecule has 0 spiro atoms. The summed E-state index contributed by atoms with van der Waals surface area (Å²) in [7, 11) is 3.26. The van der Waals surface area contributed by atoms with Crippen LogP contribution in [0.4, 0.5) is 0 Å². The van der Waals surface area contributed by atoms with Crippen molar-refractivity contribution in [2.75, 3.05) is 14.1 Å². The topological polar surface area (TPSA) is 86.7 Å². The van der Waals surface area contributed by atoms with E-state index in [1.807, 2.05) is 0 Å². The first kappa shape index (κ1) is 15.5. The molecule has 0 aromatic heterocycles. The second kappa shape index (κ2) is 6.54. The summed E-state index contributed by atoms with van der Waals surface area (Å²) in [5.74, 6) is -1.96. The lowest BCUT2D eigenvalue weighted by atomic mass is 9.81. The van der Waals surface area contributed by atoms with Crippen molar-refractivity contribution in [2.24, 2.45) is 11.8 Å². The van der Waals surface area contributed by atoms with Gasteiger partial charge in [-0.3, -0.25) is 14.4 Å². The van der Waals surface area contributed by atoms with E-state index in [4.69, 9.17) is 5.11 Å². The van der Waals surface area contributed by atoms with Crippen LogP contribution in [-0.4, -0.2) is 47.9 Å². The Balaban J connectivity index is 2.53. The van der Waals surface area contributed by atoms with E-state index in [1.165, 1.54) is 4.90 Å². The van der Waals surface area contributed by atoms with Crippen molar-refractivity contribution in [1.82, 2.24) is 10.2 Å². The Morgan fingerprint density at radius 2 is 1.79 bits per heavy atom. The summed E-state index contributed by atoms with van der Waals surface area (Å²) < 4.78 is 0. The van der Waals surface area contributed by atoms with Gasteiger partial charge < -0.3 is 15.3 Å². The molecule has 3 atom stereocenters. The molecule has 1 aliphatic carbocycles. The van der Waals surface area contributed by atoms with Gasteiger partial charge in [-0.05, 0) is 26.2 Å². The summed E-state index contributed by atoms with van der Waals surface area (Å²) >= 11 is 0. The predicted molar refractivity (Wildman–Crippen MR) is 69.4 cm³/mol. The maximum absolute atomic E-state index is 12.0. The second-order valence-corrected chi connectivity index (χ2v) is 5.36. The first-order valence-corrected chi connectivity index (χ1v) is 6.57. The van der Waals surface area contributed by atoms with E-state index in [9.17, 15) is 14.4 Å². The van der Waals surface area contributed by atoms with Crippen LogP contribution in [0.15, 0.2) is 0 Å². The maximum atomic E-state index is 12.0. The van der Waals surface area contributed by atoms with Crippen molar-refractivity contribution in [3.63, 3.8) is 0 Å². The third kappa shape index (κ3) is 4.22. The maximum Gasteiger partial charge on any atom is 0.306 e. The van der Waals surface area contributed by atoms with E-state index in [0.717, 1.165) is 6.42 Å². The monoisotopic (exact) mass is 270 g/mol. The Bertz CT molecular complexity index is 368. The molecule has 1 rings (SSSR count). The number of hydrogen-bond donors (Lipinski definition) is 2. The molecule has 0 aliphatic heterocycles. The fraction of sp³-hybridized carbons (Fsp3) is 0.769. The van der Waals surface area contributed by atoms with Gasteiger partial charge in [0.05, 0.1) is 5.92 Å². The third-order valence-electron chi connectivity index (χ3n) is 3.56. The Morgan fingerprint density at radius 1 is 1.21 bits per heavy atom. The average Bonchev–Trinajstić information content (AvgIpc) is 2.37. The summed E-state index contributed by atoms with van der Waals surface area (Å²) in [5.41, 5.74) is 0. The SMILES string of the molecule is CC(NC(=O)C1CCCC(C(=O)O)C1)C(=O)N(C)C. The molecular formula is C13H22N2O4. The number of carbonyl (C=O) groups excluding carboxylic acids is 2. The number of nitrogens with zero attached hydrogens (tertiary/aromatic N) is 1. The largest absolute Gasteiger partial charge is 0.481 e. The predicted octanol–water partition coefficient (Wildman–Crippen LogP) is 0.470. The zero-order valence-electron chi connectivity index (χ0n) is 11.7. The van der Waals surface area contributed by atoms with E-state index in [-0.39, 0.29) is 17.7 Å². The number of rotatable bonds is 4. The standard InChI is InChI=1S/C13H22N2O4/c1-8(12(17)15(2)3)14-11(16)9-5-4-6-10(7-9)13(18)19/h8-10H,4-7H2,1-3H3,(H,14,16)(H,18,19). The molecule has 2 N–H and O–H groups in total. The van der Waals surface area contributed by atoms with Crippen molar-refractivity contribution in [1.29, 1.82) is 0 Å². The van der Waals surface area contributed by atoms with Gasteiger partial charge in [0.2, 0.25) is 11.8 Å². The molecule has 0 radical (unpaired) electrons. The van der Waals surface area contributed by atoms with Crippen LogP contribution >= 0.6 is 0 Å². The normalized spacial score (nSPS) is 24.4. The van der Waals surface area contributed by atoms with Crippen LogP contribution < -0.4 is 5.32 Å². The van der Waals surface area contributed by atoms with Crippen LogP contribution in [0.3, 0.4) is 0 Å². The molecule has 2 amide bonds. The molecular weight excluding hydrogens is 248 g/mol. The summed E-state index contributed by atoms with van der Waals surface area (Å²) in [6, 6.07) is -0.576. The molecule has 0 aromatic rings. The van der Waals surface area contributed by atoms with Gasteiger partial charge in [0.1, 0.15) is 6.04 Å². The first-order chi connectivity index (χ1) is 8.82. The molecule has 19 heavy (non-hydrogen) atoms. The van der Waals surface area contributed by atoms with E-state index < -0.39 is 17.9 Å².